The average Bonchev–Trinajstić information content (AvgIpc) is 2.36. The SMILES string of the molecule is CC(=O)Oc1ccccc1C(=O)N1CC(C)CC(C)C1. The molecule has 2 atom stereocenters. The van der Waals surface area contributed by atoms with Gasteiger partial charge < -0.3 is 9.64 Å². The first kappa shape index (κ1) is 14.6. The average molecular weight is 275 g/mol. The number of hydrogen-bond acceptors (Lipinski definition) is 3. The lowest BCUT2D eigenvalue weighted by Crippen LogP contribution is -2.42. The summed E-state index contributed by atoms with van der Waals surface area (Å²) in [4.78, 5) is 25.6. The van der Waals surface area contributed by atoms with Crippen LogP contribution in [0.3, 0.4) is 0 Å². The van der Waals surface area contributed by atoms with Crippen LogP contribution in [0.2, 0.25) is 0 Å². The lowest BCUT2D eigenvalue weighted by molar-refractivity contribution is -0.131. The summed E-state index contributed by atoms with van der Waals surface area (Å²) < 4.78 is 5.12. The number of likely N-dealkylation sites (tertiary alicyclic amines) is 1. The number of esters is 1. The maximum absolute atomic E-state index is 12.6. The quantitative estimate of drug-likeness (QED) is 0.616. The topological polar surface area (TPSA) is 46.6 Å². The molecule has 1 aliphatic rings. The van der Waals surface area contributed by atoms with Gasteiger partial charge in [0.15, 0.2) is 0 Å². The van der Waals surface area contributed by atoms with E-state index in [0.29, 0.717) is 23.1 Å². The number of hydrogen-bond donors (Lipinski definition) is 0. The molecular weight excluding hydrogens is 254 g/mol. The Morgan fingerprint density at radius 1 is 1.15 bits per heavy atom. The Morgan fingerprint density at radius 2 is 1.75 bits per heavy atom. The van der Waals surface area contributed by atoms with Crippen molar-refractivity contribution in [1.29, 1.82) is 0 Å². The summed E-state index contributed by atoms with van der Waals surface area (Å²) in [6.07, 6.45) is 1.15. The molecule has 0 radical (unpaired) electrons. The molecule has 0 bridgehead atoms. The van der Waals surface area contributed by atoms with E-state index in [2.05, 4.69) is 13.8 Å². The van der Waals surface area contributed by atoms with Gasteiger partial charge >= 0.3 is 5.97 Å². The van der Waals surface area contributed by atoms with Gasteiger partial charge in [-0.15, -0.1) is 0 Å². The minimum atomic E-state index is -0.411. The number of para-hydroxylation sites is 1. The lowest BCUT2D eigenvalue weighted by atomic mass is 9.91. The first-order valence-electron chi connectivity index (χ1n) is 7.04. The molecule has 2 rings (SSSR count). The van der Waals surface area contributed by atoms with Crippen LogP contribution in [0.1, 0.15) is 37.6 Å². The van der Waals surface area contributed by atoms with E-state index in [4.69, 9.17) is 4.74 Å². The number of nitrogens with zero attached hydrogens (tertiary/aromatic N) is 1. The molecular formula is C16H21NO3. The summed E-state index contributed by atoms with van der Waals surface area (Å²) in [7, 11) is 0. The van der Waals surface area contributed by atoms with Gasteiger partial charge in [-0.3, -0.25) is 9.59 Å². The fraction of sp³-hybridized carbons (Fsp3) is 0.500. The Bertz CT molecular complexity index is 502. The van der Waals surface area contributed by atoms with Crippen LogP contribution in [0, 0.1) is 11.8 Å². The van der Waals surface area contributed by atoms with E-state index in [1.807, 2.05) is 4.90 Å². The van der Waals surface area contributed by atoms with E-state index in [1.54, 1.807) is 24.3 Å². The number of ether oxygens (including phenoxy) is 1. The summed E-state index contributed by atoms with van der Waals surface area (Å²) in [5.74, 6) is 0.883. The zero-order valence-corrected chi connectivity index (χ0v) is 12.3. The summed E-state index contributed by atoms with van der Waals surface area (Å²) >= 11 is 0. The predicted molar refractivity (Wildman–Crippen MR) is 76.6 cm³/mol. The minimum Gasteiger partial charge on any atom is -0.426 e. The van der Waals surface area contributed by atoms with Gasteiger partial charge in [-0.2, -0.15) is 0 Å². The van der Waals surface area contributed by atoms with Crippen LogP contribution >= 0.6 is 0 Å². The van der Waals surface area contributed by atoms with Crippen molar-refractivity contribution >= 4 is 11.9 Å². The van der Waals surface area contributed by atoms with Gasteiger partial charge in [0.2, 0.25) is 0 Å². The zero-order chi connectivity index (χ0) is 14.7. The molecule has 1 saturated heterocycles. The molecule has 1 fully saturated rings. The highest BCUT2D eigenvalue weighted by atomic mass is 16.5. The van der Waals surface area contributed by atoms with Crippen LogP contribution in [-0.2, 0) is 4.79 Å². The monoisotopic (exact) mass is 275 g/mol. The van der Waals surface area contributed by atoms with Crippen LogP contribution in [0.25, 0.3) is 0 Å². The number of carbonyl (C=O) groups is 2. The Hall–Kier alpha value is -1.84. The van der Waals surface area contributed by atoms with Gasteiger partial charge in [0, 0.05) is 20.0 Å². The first-order chi connectivity index (χ1) is 9.47. The van der Waals surface area contributed by atoms with Crippen molar-refractivity contribution in [2.24, 2.45) is 11.8 Å². The van der Waals surface area contributed by atoms with Crippen LogP contribution < -0.4 is 4.74 Å². The standard InChI is InChI=1S/C16H21NO3/c1-11-8-12(2)10-17(9-11)16(19)14-6-4-5-7-15(14)20-13(3)18/h4-7,11-12H,8-10H2,1-3H3. The third-order valence-corrected chi connectivity index (χ3v) is 3.53. The molecule has 1 amide bonds. The van der Waals surface area contributed by atoms with E-state index in [0.717, 1.165) is 19.5 Å². The van der Waals surface area contributed by atoms with Crippen LogP contribution in [0.5, 0.6) is 5.75 Å². The number of rotatable bonds is 2. The van der Waals surface area contributed by atoms with Crippen molar-refractivity contribution in [1.82, 2.24) is 4.90 Å². The number of carbonyl (C=O) groups excluding carboxylic acids is 2. The van der Waals surface area contributed by atoms with Crippen LogP contribution in [-0.4, -0.2) is 29.9 Å². The third kappa shape index (κ3) is 3.38. The summed E-state index contributed by atoms with van der Waals surface area (Å²) in [5.41, 5.74) is 0.462. The maximum atomic E-state index is 12.6. The Labute approximate surface area is 119 Å². The predicted octanol–water partition coefficient (Wildman–Crippen LogP) is 2.73. The highest BCUT2D eigenvalue weighted by Gasteiger charge is 2.27. The van der Waals surface area contributed by atoms with Crippen molar-refractivity contribution in [3.8, 4) is 5.75 Å². The second-order valence-electron chi connectivity index (χ2n) is 5.75. The van der Waals surface area contributed by atoms with Gasteiger partial charge in [0.1, 0.15) is 5.75 Å². The molecule has 1 aromatic carbocycles. The second-order valence-corrected chi connectivity index (χ2v) is 5.75. The first-order valence-corrected chi connectivity index (χ1v) is 7.04. The highest BCUT2D eigenvalue weighted by molar-refractivity contribution is 5.97. The largest absolute Gasteiger partial charge is 0.426 e. The van der Waals surface area contributed by atoms with Gasteiger partial charge in [-0.05, 0) is 30.4 Å². The maximum Gasteiger partial charge on any atom is 0.308 e. The number of amides is 1. The molecule has 108 valence electrons. The van der Waals surface area contributed by atoms with Gasteiger partial charge in [-0.1, -0.05) is 26.0 Å². The summed E-state index contributed by atoms with van der Waals surface area (Å²) in [6, 6.07) is 6.92. The molecule has 0 N–H and O–H groups in total. The molecule has 4 nitrogen and oxygen atoms in total. The van der Waals surface area contributed by atoms with Crippen molar-refractivity contribution in [3.05, 3.63) is 29.8 Å². The molecule has 0 saturated carbocycles. The van der Waals surface area contributed by atoms with E-state index in [9.17, 15) is 9.59 Å². The molecule has 1 heterocycles. The molecule has 0 spiro atoms. The van der Waals surface area contributed by atoms with Crippen molar-refractivity contribution in [2.75, 3.05) is 13.1 Å². The molecule has 1 aliphatic heterocycles. The molecule has 0 aliphatic carbocycles. The van der Waals surface area contributed by atoms with Gasteiger partial charge in [0.05, 0.1) is 5.56 Å². The molecule has 20 heavy (non-hydrogen) atoms. The normalized spacial score (nSPS) is 22.4. The number of piperidine rings is 1. The second kappa shape index (κ2) is 6.07. The molecule has 1 aromatic rings. The van der Waals surface area contributed by atoms with E-state index >= 15 is 0 Å². The Morgan fingerprint density at radius 3 is 2.35 bits per heavy atom. The Balaban J connectivity index is 2.22. The fourth-order valence-corrected chi connectivity index (χ4v) is 2.89. The minimum absolute atomic E-state index is 0.0553. The summed E-state index contributed by atoms with van der Waals surface area (Å²) in [5, 5.41) is 0. The van der Waals surface area contributed by atoms with E-state index in [-0.39, 0.29) is 5.91 Å². The fourth-order valence-electron chi connectivity index (χ4n) is 2.89. The van der Waals surface area contributed by atoms with Gasteiger partial charge in [-0.25, -0.2) is 0 Å². The number of benzene rings is 1. The van der Waals surface area contributed by atoms with Crippen molar-refractivity contribution in [2.45, 2.75) is 27.2 Å². The van der Waals surface area contributed by atoms with Gasteiger partial charge in [0.25, 0.3) is 5.91 Å². The smallest absolute Gasteiger partial charge is 0.308 e. The summed E-state index contributed by atoms with van der Waals surface area (Å²) in [6.45, 7) is 7.18. The highest BCUT2D eigenvalue weighted by Crippen LogP contribution is 2.25. The van der Waals surface area contributed by atoms with Crippen LogP contribution in [0.15, 0.2) is 24.3 Å². The van der Waals surface area contributed by atoms with E-state index < -0.39 is 5.97 Å². The lowest BCUT2D eigenvalue weighted by Gasteiger charge is -2.35. The molecule has 0 aromatic heterocycles. The third-order valence-electron chi connectivity index (χ3n) is 3.53. The molecule has 2 unspecified atom stereocenters. The van der Waals surface area contributed by atoms with Crippen molar-refractivity contribution < 1.29 is 14.3 Å². The molecule has 4 heteroatoms. The van der Waals surface area contributed by atoms with Crippen molar-refractivity contribution in [3.63, 3.8) is 0 Å². The Kier molecular flexibility index (Phi) is 4.42. The van der Waals surface area contributed by atoms with Crippen LogP contribution in [0.4, 0.5) is 0 Å². The zero-order valence-electron chi connectivity index (χ0n) is 12.3. The van der Waals surface area contributed by atoms with E-state index in [1.165, 1.54) is 6.92 Å².